The van der Waals surface area contributed by atoms with E-state index in [9.17, 15) is 9.90 Å². The molecule has 7 nitrogen and oxygen atoms in total. The van der Waals surface area contributed by atoms with Crippen LogP contribution >= 0.6 is 0 Å². The van der Waals surface area contributed by atoms with Gasteiger partial charge in [-0.3, -0.25) is 0 Å². The van der Waals surface area contributed by atoms with Crippen LogP contribution in [0.25, 0.3) is 0 Å². The Labute approximate surface area is 117 Å². The smallest absolute Gasteiger partial charge is 0.406 e. The number of aliphatic hydroxyl groups is 1. The maximum Gasteiger partial charge on any atom is 0.406 e. The SMILES string of the molecule is COC(=O)NCCOc1ccc(OCC(O)CN)cc1. The number of rotatable bonds is 8. The molecule has 0 bridgehead atoms. The number of aliphatic hydroxyl groups excluding tert-OH is 1. The number of nitrogens with one attached hydrogen (secondary N) is 1. The zero-order chi connectivity index (χ0) is 14.8. The van der Waals surface area contributed by atoms with E-state index in [1.807, 2.05) is 0 Å². The van der Waals surface area contributed by atoms with Gasteiger partial charge in [-0.25, -0.2) is 4.79 Å². The molecule has 0 radical (unpaired) electrons. The second-order valence-electron chi connectivity index (χ2n) is 3.94. The number of benzene rings is 1. The first-order valence-electron chi connectivity index (χ1n) is 6.21. The van der Waals surface area contributed by atoms with E-state index in [0.29, 0.717) is 24.7 Å². The van der Waals surface area contributed by atoms with Gasteiger partial charge in [0.2, 0.25) is 0 Å². The van der Waals surface area contributed by atoms with Gasteiger partial charge in [0.05, 0.1) is 13.7 Å². The van der Waals surface area contributed by atoms with E-state index >= 15 is 0 Å². The van der Waals surface area contributed by atoms with Crippen LogP contribution in [0.5, 0.6) is 11.5 Å². The minimum atomic E-state index is -0.671. The van der Waals surface area contributed by atoms with Gasteiger partial charge in [-0.05, 0) is 24.3 Å². The predicted octanol–water partition coefficient (Wildman–Crippen LogP) is 0.120. The van der Waals surface area contributed by atoms with Gasteiger partial charge in [-0.15, -0.1) is 0 Å². The van der Waals surface area contributed by atoms with Gasteiger partial charge in [0.15, 0.2) is 0 Å². The highest BCUT2D eigenvalue weighted by atomic mass is 16.5. The van der Waals surface area contributed by atoms with E-state index in [1.54, 1.807) is 24.3 Å². The lowest BCUT2D eigenvalue weighted by molar-refractivity contribution is 0.114. The first kappa shape index (κ1) is 16.1. The van der Waals surface area contributed by atoms with E-state index < -0.39 is 12.2 Å². The molecule has 112 valence electrons. The molecule has 20 heavy (non-hydrogen) atoms. The first-order valence-corrected chi connectivity index (χ1v) is 6.21. The van der Waals surface area contributed by atoms with E-state index in [2.05, 4.69) is 10.1 Å². The summed E-state index contributed by atoms with van der Waals surface area (Å²) in [6, 6.07) is 6.93. The molecule has 0 aliphatic heterocycles. The molecule has 1 atom stereocenters. The van der Waals surface area contributed by atoms with Crippen molar-refractivity contribution < 1.29 is 24.1 Å². The second kappa shape index (κ2) is 9.00. The van der Waals surface area contributed by atoms with Gasteiger partial charge in [0, 0.05) is 6.54 Å². The standard InChI is InChI=1S/C13H20N2O5/c1-18-13(17)15-6-7-19-11-2-4-12(5-3-11)20-9-10(16)8-14/h2-5,10,16H,6-9,14H2,1H3,(H,15,17). The van der Waals surface area contributed by atoms with Gasteiger partial charge in [-0.2, -0.15) is 0 Å². The van der Waals surface area contributed by atoms with Crippen LogP contribution in [-0.4, -0.2) is 50.7 Å². The fourth-order valence-electron chi connectivity index (χ4n) is 1.29. The average molecular weight is 284 g/mol. The highest BCUT2D eigenvalue weighted by Gasteiger charge is 2.02. The van der Waals surface area contributed by atoms with Gasteiger partial charge >= 0.3 is 6.09 Å². The van der Waals surface area contributed by atoms with Crippen LogP contribution in [0, 0.1) is 0 Å². The molecule has 0 aliphatic rings. The van der Waals surface area contributed by atoms with Crippen LogP contribution in [0.4, 0.5) is 4.79 Å². The van der Waals surface area contributed by atoms with Crippen molar-refractivity contribution in [2.24, 2.45) is 5.73 Å². The molecule has 0 saturated heterocycles. The molecule has 1 unspecified atom stereocenters. The van der Waals surface area contributed by atoms with Gasteiger partial charge in [-0.1, -0.05) is 0 Å². The Kier molecular flexibility index (Phi) is 7.23. The van der Waals surface area contributed by atoms with Crippen LogP contribution in [0.2, 0.25) is 0 Å². The number of ether oxygens (including phenoxy) is 3. The van der Waals surface area contributed by atoms with Crippen LogP contribution in [0.15, 0.2) is 24.3 Å². The van der Waals surface area contributed by atoms with Gasteiger partial charge in [0.25, 0.3) is 0 Å². The van der Waals surface area contributed by atoms with E-state index in [4.69, 9.17) is 15.2 Å². The third kappa shape index (κ3) is 6.26. The molecule has 1 aromatic rings. The lowest BCUT2D eigenvalue weighted by atomic mass is 10.3. The Hall–Kier alpha value is -1.99. The number of hydrogen-bond donors (Lipinski definition) is 3. The Morgan fingerprint density at radius 3 is 2.45 bits per heavy atom. The lowest BCUT2D eigenvalue weighted by Crippen LogP contribution is -2.27. The molecule has 0 aliphatic carbocycles. The number of nitrogens with two attached hydrogens (primary N) is 1. The summed E-state index contributed by atoms with van der Waals surface area (Å²) in [5.41, 5.74) is 5.27. The quantitative estimate of drug-likeness (QED) is 0.586. The third-order valence-electron chi connectivity index (χ3n) is 2.36. The maximum atomic E-state index is 10.8. The molecule has 7 heteroatoms. The Balaban J connectivity index is 2.26. The molecule has 0 saturated carbocycles. The van der Waals surface area contributed by atoms with Crippen LogP contribution in [0.3, 0.4) is 0 Å². The fraction of sp³-hybridized carbons (Fsp3) is 0.462. The summed E-state index contributed by atoms with van der Waals surface area (Å²) in [4.78, 5) is 10.8. The van der Waals surface area contributed by atoms with Crippen molar-refractivity contribution >= 4 is 6.09 Å². The number of carbonyl (C=O) groups is 1. The molecule has 0 spiro atoms. The topological polar surface area (TPSA) is 103 Å². The molecule has 1 amide bonds. The van der Waals surface area contributed by atoms with Crippen molar-refractivity contribution in [2.45, 2.75) is 6.10 Å². The van der Waals surface area contributed by atoms with Crippen molar-refractivity contribution in [2.75, 3.05) is 33.4 Å². The van der Waals surface area contributed by atoms with Crippen LogP contribution < -0.4 is 20.5 Å². The maximum absolute atomic E-state index is 10.8. The van der Waals surface area contributed by atoms with Gasteiger partial charge < -0.3 is 30.4 Å². The zero-order valence-electron chi connectivity index (χ0n) is 11.4. The number of amides is 1. The van der Waals surface area contributed by atoms with Crippen molar-refractivity contribution in [3.63, 3.8) is 0 Å². The summed E-state index contributed by atoms with van der Waals surface area (Å²) in [6.07, 6.45) is -1.16. The highest BCUT2D eigenvalue weighted by Crippen LogP contribution is 2.17. The molecular formula is C13H20N2O5. The van der Waals surface area contributed by atoms with Gasteiger partial charge in [0.1, 0.15) is 30.8 Å². The summed E-state index contributed by atoms with van der Waals surface area (Å²) in [5, 5.41) is 11.8. The summed E-state index contributed by atoms with van der Waals surface area (Å²) in [7, 11) is 1.30. The Morgan fingerprint density at radius 2 is 1.90 bits per heavy atom. The highest BCUT2D eigenvalue weighted by molar-refractivity contribution is 5.66. The summed E-state index contributed by atoms with van der Waals surface area (Å²) >= 11 is 0. The summed E-state index contributed by atoms with van der Waals surface area (Å²) in [6.45, 7) is 1.00. The number of hydrogen-bond acceptors (Lipinski definition) is 6. The molecule has 0 heterocycles. The molecule has 0 aromatic heterocycles. The van der Waals surface area contributed by atoms with E-state index in [0.717, 1.165) is 0 Å². The van der Waals surface area contributed by atoms with Crippen LogP contribution in [-0.2, 0) is 4.74 Å². The molecule has 1 rings (SSSR count). The Bertz CT molecular complexity index is 396. The summed E-state index contributed by atoms with van der Waals surface area (Å²) in [5.74, 6) is 1.28. The number of methoxy groups -OCH3 is 1. The Morgan fingerprint density at radius 1 is 1.30 bits per heavy atom. The first-order chi connectivity index (χ1) is 9.65. The number of alkyl carbamates (subject to hydrolysis) is 1. The summed E-state index contributed by atoms with van der Waals surface area (Å²) < 4.78 is 15.2. The van der Waals surface area contributed by atoms with Crippen molar-refractivity contribution in [1.82, 2.24) is 5.32 Å². The molecule has 4 N–H and O–H groups in total. The minimum Gasteiger partial charge on any atom is -0.492 e. The normalized spacial score (nSPS) is 11.6. The third-order valence-corrected chi connectivity index (χ3v) is 2.36. The van der Waals surface area contributed by atoms with E-state index in [-0.39, 0.29) is 13.2 Å². The van der Waals surface area contributed by atoms with Crippen LogP contribution in [0.1, 0.15) is 0 Å². The molecule has 0 fully saturated rings. The second-order valence-corrected chi connectivity index (χ2v) is 3.94. The monoisotopic (exact) mass is 284 g/mol. The zero-order valence-corrected chi connectivity index (χ0v) is 11.4. The fourth-order valence-corrected chi connectivity index (χ4v) is 1.29. The van der Waals surface area contributed by atoms with Crippen molar-refractivity contribution in [3.05, 3.63) is 24.3 Å². The molecule has 1 aromatic carbocycles. The van der Waals surface area contributed by atoms with E-state index in [1.165, 1.54) is 7.11 Å². The van der Waals surface area contributed by atoms with Crippen molar-refractivity contribution in [1.29, 1.82) is 0 Å². The van der Waals surface area contributed by atoms with Crippen molar-refractivity contribution in [3.8, 4) is 11.5 Å². The predicted molar refractivity (Wildman–Crippen MR) is 72.9 cm³/mol. The minimum absolute atomic E-state index is 0.153. The molecular weight excluding hydrogens is 264 g/mol. The number of carbonyl (C=O) groups excluding carboxylic acids is 1. The lowest BCUT2D eigenvalue weighted by Gasteiger charge is -2.11. The largest absolute Gasteiger partial charge is 0.492 e. The average Bonchev–Trinajstić information content (AvgIpc) is 2.49.